The van der Waals surface area contributed by atoms with E-state index in [1.54, 1.807) is 0 Å². The predicted molar refractivity (Wildman–Crippen MR) is 32.5 cm³/mol. The van der Waals surface area contributed by atoms with Crippen LogP contribution in [0.3, 0.4) is 0 Å². The molecule has 1 radical (unpaired) electrons. The van der Waals surface area contributed by atoms with Crippen molar-refractivity contribution in [3.05, 3.63) is 24.1 Å². The van der Waals surface area contributed by atoms with E-state index in [9.17, 15) is 0 Å². The van der Waals surface area contributed by atoms with E-state index in [0.717, 1.165) is 17.2 Å². The van der Waals surface area contributed by atoms with Crippen LogP contribution in [0, 0.1) is 20.8 Å². The molecule has 0 aromatic carbocycles. The minimum absolute atomic E-state index is 0.750. The molecule has 0 amide bonds. The smallest absolute Gasteiger partial charge is 0.106 e. The lowest BCUT2D eigenvalue weighted by atomic mass is 10.4. The molecule has 2 nitrogen and oxygen atoms in total. The Balaban J connectivity index is 3.14. The van der Waals surface area contributed by atoms with Crippen LogP contribution in [0.4, 0.5) is 0 Å². The zero-order valence-electron chi connectivity index (χ0n) is 5.15. The Labute approximate surface area is 49.0 Å². The molecule has 0 atom stereocenters. The summed E-state index contributed by atoms with van der Waals surface area (Å²) in [5.74, 6) is 0.750. The molecule has 0 bridgehead atoms. The first kappa shape index (κ1) is 5.35. The van der Waals surface area contributed by atoms with Crippen LogP contribution in [-0.4, -0.2) is 9.97 Å². The number of hydrogen-bond donors (Lipinski definition) is 1. The van der Waals surface area contributed by atoms with Gasteiger partial charge in [0, 0.05) is 12.6 Å². The van der Waals surface area contributed by atoms with Gasteiger partial charge in [-0.25, -0.2) is 4.98 Å². The van der Waals surface area contributed by atoms with Gasteiger partial charge in [0.1, 0.15) is 5.82 Å². The summed E-state index contributed by atoms with van der Waals surface area (Å²) in [7, 11) is 0. The fourth-order valence-electron chi connectivity index (χ4n) is 0.621. The number of imidazole rings is 1. The van der Waals surface area contributed by atoms with Crippen molar-refractivity contribution < 1.29 is 0 Å². The number of aromatic nitrogens is 2. The van der Waals surface area contributed by atoms with E-state index in [1.165, 1.54) is 0 Å². The molecule has 1 heterocycles. The maximum Gasteiger partial charge on any atom is 0.106 e. The summed E-state index contributed by atoms with van der Waals surface area (Å²) in [6.07, 6.45) is 0. The van der Waals surface area contributed by atoms with Crippen molar-refractivity contribution in [2.45, 2.75) is 13.8 Å². The van der Waals surface area contributed by atoms with Crippen LogP contribution in [-0.2, 0) is 0 Å². The second-order valence-electron chi connectivity index (χ2n) is 1.89. The van der Waals surface area contributed by atoms with E-state index in [-0.39, 0.29) is 0 Å². The Morgan fingerprint density at radius 2 is 2.12 bits per heavy atom. The molecule has 0 fully saturated rings. The topological polar surface area (TPSA) is 28.7 Å². The molecule has 8 heavy (non-hydrogen) atoms. The van der Waals surface area contributed by atoms with E-state index in [0.29, 0.717) is 0 Å². The van der Waals surface area contributed by atoms with Crippen LogP contribution < -0.4 is 0 Å². The Kier molecular flexibility index (Phi) is 1.08. The molecule has 1 N–H and O–H groups in total. The molecule has 0 spiro atoms. The van der Waals surface area contributed by atoms with Gasteiger partial charge in [0.25, 0.3) is 0 Å². The number of rotatable bonds is 0. The molecule has 1 rings (SSSR count). The summed E-state index contributed by atoms with van der Waals surface area (Å²) < 4.78 is 0. The monoisotopic (exact) mass is 109 g/mol. The van der Waals surface area contributed by atoms with E-state index in [1.807, 2.05) is 13.8 Å². The van der Waals surface area contributed by atoms with E-state index >= 15 is 0 Å². The van der Waals surface area contributed by atoms with E-state index < -0.39 is 0 Å². The third kappa shape index (κ3) is 0.735. The summed E-state index contributed by atoms with van der Waals surface area (Å²) in [6.45, 7) is 7.58. The van der Waals surface area contributed by atoms with Crippen LogP contribution in [0.2, 0.25) is 0 Å². The lowest BCUT2D eigenvalue weighted by Gasteiger charge is -1.79. The van der Waals surface area contributed by atoms with Crippen LogP contribution in [0.1, 0.15) is 17.2 Å². The molecule has 1 aromatic rings. The number of hydrogen-bond acceptors (Lipinski definition) is 1. The third-order valence-corrected chi connectivity index (χ3v) is 1.18. The largest absolute Gasteiger partial charge is 0.346 e. The highest BCUT2D eigenvalue weighted by Gasteiger charge is 1.94. The minimum atomic E-state index is 0.750. The lowest BCUT2D eigenvalue weighted by molar-refractivity contribution is 1.19. The predicted octanol–water partition coefficient (Wildman–Crippen LogP) is 1.21. The van der Waals surface area contributed by atoms with Crippen LogP contribution >= 0.6 is 0 Å². The zero-order valence-corrected chi connectivity index (χ0v) is 5.15. The molecule has 0 aliphatic carbocycles. The average molecular weight is 109 g/mol. The number of H-pyrrole nitrogens is 1. The van der Waals surface area contributed by atoms with Crippen molar-refractivity contribution in [1.82, 2.24) is 9.97 Å². The average Bonchev–Trinajstić information content (AvgIpc) is 1.85. The van der Waals surface area contributed by atoms with E-state index in [2.05, 4.69) is 16.9 Å². The summed E-state index contributed by atoms with van der Waals surface area (Å²) in [5.41, 5.74) is 2.14. The van der Waals surface area contributed by atoms with Gasteiger partial charge >= 0.3 is 0 Å². The van der Waals surface area contributed by atoms with Gasteiger partial charge in [-0.3, -0.25) is 0 Å². The molecule has 1 aromatic heterocycles. The normalized spacial score (nSPS) is 9.88. The molecule has 2 heteroatoms. The van der Waals surface area contributed by atoms with Crippen molar-refractivity contribution in [3.8, 4) is 0 Å². The Morgan fingerprint density at radius 3 is 2.25 bits per heavy atom. The fraction of sp³-hybridized carbons (Fsp3) is 0.333. The number of nitrogens with zero attached hydrogens (tertiary/aromatic N) is 1. The van der Waals surface area contributed by atoms with Gasteiger partial charge in [0.15, 0.2) is 0 Å². The first-order chi connectivity index (χ1) is 3.70. The number of nitrogens with one attached hydrogen (secondary N) is 1. The molecule has 0 aliphatic heterocycles. The summed E-state index contributed by atoms with van der Waals surface area (Å²) in [5, 5.41) is 0. The molecular formula is C6H9N2. The van der Waals surface area contributed by atoms with Gasteiger partial charge in [-0.2, -0.15) is 0 Å². The van der Waals surface area contributed by atoms with Crippen LogP contribution in [0.5, 0.6) is 0 Å². The van der Waals surface area contributed by atoms with Gasteiger partial charge in [0.05, 0.1) is 5.69 Å². The maximum absolute atomic E-state index is 4.04. The van der Waals surface area contributed by atoms with Gasteiger partial charge in [-0.05, 0) is 13.8 Å². The standard InChI is InChI=1S/C6H9N2/c1-4-5(2)8-6(3)7-4/h3H2,1-2H3,(H,7,8). The molecular weight excluding hydrogens is 100 g/mol. The summed E-state index contributed by atoms with van der Waals surface area (Å²) in [6, 6.07) is 0. The Morgan fingerprint density at radius 1 is 1.50 bits per heavy atom. The van der Waals surface area contributed by atoms with Gasteiger partial charge in [-0.1, -0.05) is 0 Å². The van der Waals surface area contributed by atoms with Crippen LogP contribution in [0.15, 0.2) is 0 Å². The van der Waals surface area contributed by atoms with Crippen molar-refractivity contribution in [2.75, 3.05) is 0 Å². The minimum Gasteiger partial charge on any atom is -0.346 e. The van der Waals surface area contributed by atoms with Crippen molar-refractivity contribution in [1.29, 1.82) is 0 Å². The molecule has 43 valence electrons. The van der Waals surface area contributed by atoms with Crippen molar-refractivity contribution >= 4 is 0 Å². The van der Waals surface area contributed by atoms with Gasteiger partial charge < -0.3 is 4.98 Å². The number of aryl methyl sites for hydroxylation is 2. The molecule has 0 aliphatic rings. The van der Waals surface area contributed by atoms with Crippen molar-refractivity contribution in [2.24, 2.45) is 0 Å². The second kappa shape index (κ2) is 1.62. The summed E-state index contributed by atoms with van der Waals surface area (Å²) in [4.78, 5) is 7.03. The maximum atomic E-state index is 4.04. The molecule has 0 saturated heterocycles. The Bertz CT molecular complexity index is 169. The van der Waals surface area contributed by atoms with Crippen LogP contribution in [0.25, 0.3) is 0 Å². The Hall–Kier alpha value is -0.790. The molecule has 0 unspecified atom stereocenters. The lowest BCUT2D eigenvalue weighted by Crippen LogP contribution is -1.71. The second-order valence-corrected chi connectivity index (χ2v) is 1.89. The third-order valence-electron chi connectivity index (χ3n) is 1.18. The highest BCUT2D eigenvalue weighted by molar-refractivity contribution is 5.11. The first-order valence-electron chi connectivity index (χ1n) is 2.55. The highest BCUT2D eigenvalue weighted by Crippen LogP contribution is 1.99. The molecule has 0 saturated carbocycles. The quantitative estimate of drug-likeness (QED) is 0.533. The fourth-order valence-corrected chi connectivity index (χ4v) is 0.621. The zero-order chi connectivity index (χ0) is 6.15. The summed E-state index contributed by atoms with van der Waals surface area (Å²) >= 11 is 0. The first-order valence-corrected chi connectivity index (χ1v) is 2.55. The SMILES string of the molecule is [CH2]c1nc(C)c(C)[nH]1. The van der Waals surface area contributed by atoms with Crippen molar-refractivity contribution in [3.63, 3.8) is 0 Å². The van der Waals surface area contributed by atoms with E-state index in [4.69, 9.17) is 0 Å². The number of aromatic amines is 1. The van der Waals surface area contributed by atoms with Gasteiger partial charge in [0.2, 0.25) is 0 Å². The highest BCUT2D eigenvalue weighted by atomic mass is 14.9. The van der Waals surface area contributed by atoms with Gasteiger partial charge in [-0.15, -0.1) is 0 Å².